The van der Waals surface area contributed by atoms with Crippen LogP contribution in [-0.4, -0.2) is 0 Å². The van der Waals surface area contributed by atoms with E-state index in [0.717, 1.165) is 44.2 Å². The molecule has 0 unspecified atom stereocenters. The molecule has 4 N–H and O–H groups in total. The molecule has 0 heterocycles. The van der Waals surface area contributed by atoms with Gasteiger partial charge in [-0.25, -0.2) is 0 Å². The SMILES string of the molecule is Nc1c(-c2ccccc2)cccc1P(c1ccccc1)c1cccc(-c2ccccc2)c1N. The maximum Gasteiger partial charge on any atom is 0.0478 e. The van der Waals surface area contributed by atoms with Gasteiger partial charge in [-0.15, -0.1) is 0 Å². The van der Waals surface area contributed by atoms with Crippen LogP contribution in [0.1, 0.15) is 0 Å². The van der Waals surface area contributed by atoms with Crippen molar-refractivity contribution in [3.05, 3.63) is 127 Å². The van der Waals surface area contributed by atoms with Crippen LogP contribution >= 0.6 is 7.92 Å². The van der Waals surface area contributed by atoms with Crippen LogP contribution in [0.2, 0.25) is 0 Å². The fraction of sp³-hybridized carbons (Fsp3) is 0. The molecular weight excluding hydrogens is 419 g/mol. The van der Waals surface area contributed by atoms with Gasteiger partial charge in [-0.3, -0.25) is 0 Å². The standard InChI is InChI=1S/C30H25N2P/c31-29-25(22-12-4-1-5-13-22)18-10-20-27(29)33(24-16-8-3-9-17-24)28-21-11-19-26(30(28)32)23-14-6-2-7-15-23/h1-21H,31-32H2. The summed E-state index contributed by atoms with van der Waals surface area (Å²) in [6.45, 7) is 0. The minimum absolute atomic E-state index is 0.808. The summed E-state index contributed by atoms with van der Waals surface area (Å²) >= 11 is 0. The Kier molecular flexibility index (Phi) is 5.93. The van der Waals surface area contributed by atoms with Crippen molar-refractivity contribution in [3.8, 4) is 22.3 Å². The van der Waals surface area contributed by atoms with Crippen LogP contribution in [0.4, 0.5) is 11.4 Å². The number of anilines is 2. The summed E-state index contributed by atoms with van der Waals surface area (Å²) < 4.78 is 0. The second-order valence-corrected chi connectivity index (χ2v) is 10.0. The number of rotatable bonds is 5. The molecule has 0 atom stereocenters. The second-order valence-electron chi connectivity index (χ2n) is 7.88. The molecule has 2 nitrogen and oxygen atoms in total. The lowest BCUT2D eigenvalue weighted by Crippen LogP contribution is -2.25. The van der Waals surface area contributed by atoms with Crippen LogP contribution in [0.25, 0.3) is 22.3 Å². The molecule has 0 fully saturated rings. The summed E-state index contributed by atoms with van der Waals surface area (Å²) in [7, 11) is -0.951. The van der Waals surface area contributed by atoms with Gasteiger partial charge in [0.1, 0.15) is 0 Å². The first-order chi connectivity index (χ1) is 16.2. The van der Waals surface area contributed by atoms with Crippen LogP contribution in [-0.2, 0) is 0 Å². The Hall–Kier alpha value is -3.87. The zero-order valence-corrected chi connectivity index (χ0v) is 19.1. The lowest BCUT2D eigenvalue weighted by atomic mass is 10.0. The first-order valence-corrected chi connectivity index (χ1v) is 12.3. The van der Waals surface area contributed by atoms with E-state index in [1.54, 1.807) is 0 Å². The highest BCUT2D eigenvalue weighted by Crippen LogP contribution is 2.41. The van der Waals surface area contributed by atoms with Crippen molar-refractivity contribution in [3.63, 3.8) is 0 Å². The highest BCUT2D eigenvalue weighted by molar-refractivity contribution is 7.80. The summed E-state index contributed by atoms with van der Waals surface area (Å²) in [6, 6.07) is 43.9. The highest BCUT2D eigenvalue weighted by atomic mass is 31.1. The van der Waals surface area contributed by atoms with E-state index in [1.807, 2.05) is 42.5 Å². The monoisotopic (exact) mass is 444 g/mol. The van der Waals surface area contributed by atoms with Crippen molar-refractivity contribution in [1.82, 2.24) is 0 Å². The molecule has 0 saturated heterocycles. The summed E-state index contributed by atoms with van der Waals surface area (Å²) in [6.07, 6.45) is 0. The van der Waals surface area contributed by atoms with E-state index in [4.69, 9.17) is 11.5 Å². The van der Waals surface area contributed by atoms with Crippen molar-refractivity contribution in [1.29, 1.82) is 0 Å². The number of benzene rings is 5. The Labute approximate surface area is 196 Å². The minimum Gasteiger partial charge on any atom is -0.398 e. The molecule has 0 bridgehead atoms. The van der Waals surface area contributed by atoms with Gasteiger partial charge in [0.25, 0.3) is 0 Å². The molecule has 0 saturated carbocycles. The lowest BCUT2D eigenvalue weighted by molar-refractivity contribution is 1.62. The van der Waals surface area contributed by atoms with Gasteiger partial charge < -0.3 is 11.5 Å². The fourth-order valence-corrected chi connectivity index (χ4v) is 6.70. The van der Waals surface area contributed by atoms with Crippen molar-refractivity contribution in [2.45, 2.75) is 0 Å². The highest BCUT2D eigenvalue weighted by Gasteiger charge is 2.23. The summed E-state index contributed by atoms with van der Waals surface area (Å²) in [5, 5.41) is 3.46. The third-order valence-corrected chi connectivity index (χ3v) is 8.39. The van der Waals surface area contributed by atoms with Crippen molar-refractivity contribution in [2.75, 3.05) is 11.5 Å². The molecule has 0 spiro atoms. The molecule has 5 rings (SSSR count). The largest absolute Gasteiger partial charge is 0.398 e. The Morgan fingerprint density at radius 1 is 0.394 bits per heavy atom. The second kappa shape index (κ2) is 9.32. The molecule has 3 heteroatoms. The topological polar surface area (TPSA) is 52.0 Å². The van der Waals surface area contributed by atoms with E-state index in [0.29, 0.717) is 0 Å². The van der Waals surface area contributed by atoms with E-state index in [-0.39, 0.29) is 0 Å². The Bertz CT molecular complexity index is 1280. The van der Waals surface area contributed by atoms with Gasteiger partial charge in [0.2, 0.25) is 0 Å². The predicted molar refractivity (Wildman–Crippen MR) is 145 cm³/mol. The molecule has 0 aliphatic carbocycles. The third-order valence-electron chi connectivity index (χ3n) is 5.83. The van der Waals surface area contributed by atoms with E-state index in [1.165, 1.54) is 5.30 Å². The maximum atomic E-state index is 6.87. The van der Waals surface area contributed by atoms with Crippen molar-refractivity contribution >= 4 is 35.2 Å². The van der Waals surface area contributed by atoms with Gasteiger partial charge in [0, 0.05) is 33.1 Å². The van der Waals surface area contributed by atoms with Crippen LogP contribution in [0.15, 0.2) is 127 Å². The quantitative estimate of drug-likeness (QED) is 0.260. The Morgan fingerprint density at radius 2 is 0.788 bits per heavy atom. The molecular formula is C30H25N2P. The minimum atomic E-state index is -0.951. The number of para-hydroxylation sites is 2. The number of hydrogen-bond acceptors (Lipinski definition) is 2. The van der Waals surface area contributed by atoms with Gasteiger partial charge in [-0.05, 0) is 24.4 Å². The molecule has 5 aromatic rings. The van der Waals surface area contributed by atoms with E-state index in [9.17, 15) is 0 Å². The molecule has 0 aliphatic heterocycles. The zero-order valence-electron chi connectivity index (χ0n) is 18.2. The van der Waals surface area contributed by atoms with E-state index in [2.05, 4.69) is 84.9 Å². The molecule has 0 aliphatic rings. The molecule has 0 aromatic heterocycles. The fourth-order valence-electron chi connectivity index (χ4n) is 4.22. The zero-order chi connectivity index (χ0) is 22.6. The number of nitrogen functional groups attached to an aromatic ring is 2. The summed E-state index contributed by atoms with van der Waals surface area (Å²) in [5.74, 6) is 0. The predicted octanol–water partition coefficient (Wildman–Crippen LogP) is 5.94. The number of hydrogen-bond donors (Lipinski definition) is 2. The number of nitrogens with two attached hydrogens (primary N) is 2. The molecule has 160 valence electrons. The van der Waals surface area contributed by atoms with Crippen molar-refractivity contribution in [2.24, 2.45) is 0 Å². The van der Waals surface area contributed by atoms with Gasteiger partial charge in [0.15, 0.2) is 0 Å². The van der Waals surface area contributed by atoms with Crippen LogP contribution < -0.4 is 27.4 Å². The lowest BCUT2D eigenvalue weighted by Gasteiger charge is -2.25. The van der Waals surface area contributed by atoms with Crippen LogP contribution in [0.5, 0.6) is 0 Å². The first kappa shape index (κ1) is 21.0. The maximum absolute atomic E-state index is 6.87. The van der Waals surface area contributed by atoms with E-state index < -0.39 is 7.92 Å². The van der Waals surface area contributed by atoms with E-state index >= 15 is 0 Å². The summed E-state index contributed by atoms with van der Waals surface area (Å²) in [4.78, 5) is 0. The van der Waals surface area contributed by atoms with Gasteiger partial charge >= 0.3 is 0 Å². The normalized spacial score (nSPS) is 10.9. The van der Waals surface area contributed by atoms with Crippen LogP contribution in [0, 0.1) is 0 Å². The first-order valence-electron chi connectivity index (χ1n) is 11.0. The molecule has 0 amide bonds. The molecule has 33 heavy (non-hydrogen) atoms. The average Bonchev–Trinajstić information content (AvgIpc) is 2.88. The Morgan fingerprint density at radius 3 is 1.21 bits per heavy atom. The van der Waals surface area contributed by atoms with Crippen LogP contribution in [0.3, 0.4) is 0 Å². The Balaban J connectivity index is 1.72. The molecule has 0 radical (unpaired) electrons. The summed E-state index contributed by atoms with van der Waals surface area (Å²) in [5.41, 5.74) is 19.7. The smallest absolute Gasteiger partial charge is 0.0478 e. The third kappa shape index (κ3) is 4.14. The average molecular weight is 445 g/mol. The van der Waals surface area contributed by atoms with Gasteiger partial charge in [-0.2, -0.15) is 0 Å². The molecule has 5 aromatic carbocycles. The van der Waals surface area contributed by atoms with Crippen molar-refractivity contribution < 1.29 is 0 Å². The van der Waals surface area contributed by atoms with Gasteiger partial charge in [-0.1, -0.05) is 127 Å². The van der Waals surface area contributed by atoms with Gasteiger partial charge in [0.05, 0.1) is 0 Å².